The molecule has 1 aliphatic heterocycles. The van der Waals surface area contributed by atoms with E-state index >= 15 is 0 Å². The van der Waals surface area contributed by atoms with Crippen LogP contribution < -0.4 is 5.32 Å². The maximum Gasteiger partial charge on any atom is 0.412 e. The normalized spacial score (nSPS) is 21.1. The smallest absolute Gasteiger partial charge is 0.412 e. The average molecular weight is 254 g/mol. The zero-order chi connectivity index (χ0) is 9.76. The lowest BCUT2D eigenvalue weighted by Gasteiger charge is -2.26. The lowest BCUT2D eigenvalue weighted by Crippen LogP contribution is -2.29. The van der Waals surface area contributed by atoms with Crippen LogP contribution in [0, 0.1) is 0 Å². The number of benzene rings is 1. The van der Waals surface area contributed by atoms with Crippen LogP contribution in [0.5, 0.6) is 0 Å². The highest BCUT2D eigenvalue weighted by Gasteiger charge is 2.52. The van der Waals surface area contributed by atoms with E-state index in [1.165, 1.54) is 0 Å². The van der Waals surface area contributed by atoms with E-state index in [1.54, 1.807) is 0 Å². The molecule has 0 saturated heterocycles. The van der Waals surface area contributed by atoms with Crippen molar-refractivity contribution in [3.63, 3.8) is 0 Å². The van der Waals surface area contributed by atoms with Crippen LogP contribution in [-0.4, -0.2) is 6.09 Å². The number of fused-ring (bicyclic) bond motifs is 2. The molecule has 1 heterocycles. The van der Waals surface area contributed by atoms with Crippen molar-refractivity contribution in [3.8, 4) is 0 Å². The molecule has 1 spiro atoms. The van der Waals surface area contributed by atoms with E-state index < -0.39 is 0 Å². The largest absolute Gasteiger partial charge is 0.438 e. The highest BCUT2D eigenvalue weighted by Crippen LogP contribution is 2.54. The molecule has 14 heavy (non-hydrogen) atoms. The van der Waals surface area contributed by atoms with Crippen LogP contribution in [0.2, 0.25) is 0 Å². The van der Waals surface area contributed by atoms with Gasteiger partial charge in [0.2, 0.25) is 0 Å². The number of amides is 1. The van der Waals surface area contributed by atoms with E-state index in [2.05, 4.69) is 21.2 Å². The summed E-state index contributed by atoms with van der Waals surface area (Å²) >= 11 is 3.38. The zero-order valence-corrected chi connectivity index (χ0v) is 8.93. The molecule has 2 aliphatic rings. The molecule has 0 aromatic heterocycles. The van der Waals surface area contributed by atoms with Gasteiger partial charge < -0.3 is 4.74 Å². The van der Waals surface area contributed by atoms with Crippen LogP contribution >= 0.6 is 15.9 Å². The van der Waals surface area contributed by atoms with Crippen molar-refractivity contribution in [2.75, 3.05) is 5.32 Å². The molecule has 1 aromatic carbocycles. The van der Waals surface area contributed by atoms with Gasteiger partial charge >= 0.3 is 6.09 Å². The van der Waals surface area contributed by atoms with E-state index in [-0.39, 0.29) is 11.7 Å². The van der Waals surface area contributed by atoms with Crippen molar-refractivity contribution in [3.05, 3.63) is 28.2 Å². The SMILES string of the molecule is O=C1Nc2cc(Br)ccc2C2(CC2)O1. The van der Waals surface area contributed by atoms with Crippen molar-refractivity contribution in [1.29, 1.82) is 0 Å². The van der Waals surface area contributed by atoms with Crippen LogP contribution in [0.1, 0.15) is 18.4 Å². The second-order valence-electron chi connectivity index (χ2n) is 3.70. The molecule has 1 fully saturated rings. The Morgan fingerprint density at radius 2 is 2.21 bits per heavy atom. The predicted molar refractivity (Wildman–Crippen MR) is 55.2 cm³/mol. The second kappa shape index (κ2) is 2.51. The van der Waals surface area contributed by atoms with Gasteiger partial charge in [-0.3, -0.25) is 5.32 Å². The molecule has 72 valence electrons. The number of nitrogens with one attached hydrogen (secondary N) is 1. The highest BCUT2D eigenvalue weighted by atomic mass is 79.9. The number of carbonyl (C=O) groups excluding carboxylic acids is 1. The van der Waals surface area contributed by atoms with E-state index in [4.69, 9.17) is 4.74 Å². The number of hydrogen-bond acceptors (Lipinski definition) is 2. The average Bonchev–Trinajstić information content (AvgIpc) is 2.84. The van der Waals surface area contributed by atoms with Crippen LogP contribution in [0.3, 0.4) is 0 Å². The molecular formula is C10H8BrNO2. The molecule has 1 aliphatic carbocycles. The Bertz CT molecular complexity index is 426. The van der Waals surface area contributed by atoms with Gasteiger partial charge in [-0.2, -0.15) is 0 Å². The molecule has 1 amide bonds. The lowest BCUT2D eigenvalue weighted by atomic mass is 10.0. The molecule has 0 bridgehead atoms. The molecule has 0 unspecified atom stereocenters. The van der Waals surface area contributed by atoms with Gasteiger partial charge in [-0.25, -0.2) is 4.79 Å². The predicted octanol–water partition coefficient (Wildman–Crippen LogP) is 3.00. The number of rotatable bonds is 0. The van der Waals surface area contributed by atoms with Crippen molar-refractivity contribution >= 4 is 27.7 Å². The zero-order valence-electron chi connectivity index (χ0n) is 7.34. The molecule has 1 N–H and O–H groups in total. The molecule has 3 nitrogen and oxygen atoms in total. The fourth-order valence-corrected chi connectivity index (χ4v) is 2.23. The topological polar surface area (TPSA) is 38.3 Å². The van der Waals surface area contributed by atoms with E-state index in [0.29, 0.717) is 0 Å². The highest BCUT2D eigenvalue weighted by molar-refractivity contribution is 9.10. The van der Waals surface area contributed by atoms with Gasteiger partial charge in [0.1, 0.15) is 5.60 Å². The summed E-state index contributed by atoms with van der Waals surface area (Å²) in [6, 6.07) is 5.89. The maximum atomic E-state index is 11.2. The van der Waals surface area contributed by atoms with E-state index in [0.717, 1.165) is 28.6 Å². The fraction of sp³-hybridized carbons (Fsp3) is 0.300. The van der Waals surface area contributed by atoms with Crippen LogP contribution in [0.25, 0.3) is 0 Å². The Morgan fingerprint density at radius 1 is 1.43 bits per heavy atom. The van der Waals surface area contributed by atoms with E-state index in [1.807, 2.05) is 18.2 Å². The number of carbonyl (C=O) groups is 1. The third kappa shape index (κ3) is 1.07. The van der Waals surface area contributed by atoms with Crippen LogP contribution in [0.4, 0.5) is 10.5 Å². The number of ether oxygens (including phenoxy) is 1. The van der Waals surface area contributed by atoms with Gasteiger partial charge in [0.15, 0.2) is 0 Å². The van der Waals surface area contributed by atoms with Crippen LogP contribution in [0.15, 0.2) is 22.7 Å². The van der Waals surface area contributed by atoms with Gasteiger partial charge in [-0.1, -0.05) is 22.0 Å². The van der Waals surface area contributed by atoms with Gasteiger partial charge in [0.25, 0.3) is 0 Å². The maximum absolute atomic E-state index is 11.2. The van der Waals surface area contributed by atoms with Crippen molar-refractivity contribution in [2.24, 2.45) is 0 Å². The molecule has 0 atom stereocenters. The summed E-state index contributed by atoms with van der Waals surface area (Å²) in [6.07, 6.45) is 1.54. The monoisotopic (exact) mass is 253 g/mol. The molecular weight excluding hydrogens is 246 g/mol. The summed E-state index contributed by atoms with van der Waals surface area (Å²) in [5.41, 5.74) is 1.66. The fourth-order valence-electron chi connectivity index (χ4n) is 1.87. The minimum absolute atomic E-state index is 0.307. The second-order valence-corrected chi connectivity index (χ2v) is 4.61. The molecule has 1 aromatic rings. The van der Waals surface area contributed by atoms with Gasteiger partial charge in [0, 0.05) is 10.0 Å². The number of anilines is 1. The summed E-state index contributed by atoms with van der Waals surface area (Å²) in [5.74, 6) is 0. The molecule has 4 heteroatoms. The minimum Gasteiger partial charge on any atom is -0.438 e. The van der Waals surface area contributed by atoms with Gasteiger partial charge in [-0.05, 0) is 25.0 Å². The molecule has 3 rings (SSSR count). The van der Waals surface area contributed by atoms with Crippen LogP contribution in [-0.2, 0) is 10.3 Å². The van der Waals surface area contributed by atoms with Crippen molar-refractivity contribution < 1.29 is 9.53 Å². The number of hydrogen-bond donors (Lipinski definition) is 1. The minimum atomic E-state index is -0.340. The van der Waals surface area contributed by atoms with Crippen molar-refractivity contribution in [1.82, 2.24) is 0 Å². The quantitative estimate of drug-likeness (QED) is 0.772. The summed E-state index contributed by atoms with van der Waals surface area (Å²) in [4.78, 5) is 11.2. The first kappa shape index (κ1) is 8.29. The molecule has 0 radical (unpaired) electrons. The van der Waals surface area contributed by atoms with E-state index in [9.17, 15) is 4.79 Å². The first-order valence-corrected chi connectivity index (χ1v) is 5.29. The van der Waals surface area contributed by atoms with Gasteiger partial charge in [-0.15, -0.1) is 0 Å². The lowest BCUT2D eigenvalue weighted by molar-refractivity contribution is 0.0894. The summed E-state index contributed by atoms with van der Waals surface area (Å²) in [6.45, 7) is 0. The number of halogens is 1. The summed E-state index contributed by atoms with van der Waals surface area (Å²) < 4.78 is 6.25. The Hall–Kier alpha value is -1.03. The first-order chi connectivity index (χ1) is 6.70. The summed E-state index contributed by atoms with van der Waals surface area (Å²) in [5, 5.41) is 2.71. The Balaban J connectivity index is 2.17. The standard InChI is InChI=1S/C10H8BrNO2/c11-6-1-2-7-8(5-6)12-9(13)14-10(7)3-4-10/h1-2,5H,3-4H2,(H,12,13). The third-order valence-electron chi connectivity index (χ3n) is 2.70. The van der Waals surface area contributed by atoms with Gasteiger partial charge in [0.05, 0.1) is 5.69 Å². The molecule has 1 saturated carbocycles. The summed E-state index contributed by atoms with van der Waals surface area (Å²) in [7, 11) is 0. The Kier molecular flexibility index (Phi) is 1.49. The first-order valence-electron chi connectivity index (χ1n) is 4.50. The third-order valence-corrected chi connectivity index (χ3v) is 3.19. The Labute approximate surface area is 89.6 Å². The van der Waals surface area contributed by atoms with Crippen molar-refractivity contribution in [2.45, 2.75) is 18.4 Å². The Morgan fingerprint density at radius 3 is 2.93 bits per heavy atom.